The Morgan fingerprint density at radius 3 is 2.64 bits per heavy atom. The lowest BCUT2D eigenvalue weighted by atomic mass is 10.0. The van der Waals surface area contributed by atoms with Crippen LogP contribution in [0.3, 0.4) is 0 Å². The first kappa shape index (κ1) is 30.3. The molecule has 11 nitrogen and oxygen atoms in total. The molecule has 11 heteroatoms. The Balaban J connectivity index is 1.16. The zero-order valence-electron chi connectivity index (χ0n) is 26.3. The predicted octanol–water partition coefficient (Wildman–Crippen LogP) is 5.91. The largest absolute Gasteiger partial charge is 0.467 e. The van der Waals surface area contributed by atoms with Gasteiger partial charge in [-0.2, -0.15) is 5.10 Å². The quantitative estimate of drug-likeness (QED) is 0.261. The fourth-order valence-electron chi connectivity index (χ4n) is 5.85. The van der Waals surface area contributed by atoms with Crippen LogP contribution < -0.4 is 9.64 Å². The van der Waals surface area contributed by atoms with Gasteiger partial charge < -0.3 is 28.7 Å². The molecule has 1 aromatic carbocycles. The van der Waals surface area contributed by atoms with Crippen molar-refractivity contribution in [2.45, 2.75) is 77.2 Å². The molecule has 2 unspecified atom stereocenters. The normalized spacial score (nSPS) is 20.5. The number of carbonyl (C=O) groups is 1. The molecule has 236 valence electrons. The van der Waals surface area contributed by atoms with Crippen molar-refractivity contribution in [3.05, 3.63) is 42.7 Å². The highest BCUT2D eigenvalue weighted by molar-refractivity contribution is 5.74. The van der Waals surface area contributed by atoms with Crippen LogP contribution in [0.1, 0.15) is 65.5 Å². The van der Waals surface area contributed by atoms with Crippen molar-refractivity contribution < 1.29 is 23.7 Å². The van der Waals surface area contributed by atoms with Gasteiger partial charge in [-0.15, -0.1) is 10.2 Å². The molecule has 1 saturated carbocycles. The molecular formula is C33H44N6O5. The number of nitrogens with zero attached hydrogens (tertiary/aromatic N) is 6. The predicted molar refractivity (Wildman–Crippen MR) is 166 cm³/mol. The Morgan fingerprint density at radius 1 is 1.07 bits per heavy atom. The number of methoxy groups -OCH3 is 1. The molecule has 0 N–H and O–H groups in total. The van der Waals surface area contributed by atoms with Crippen molar-refractivity contribution in [1.82, 2.24) is 24.9 Å². The van der Waals surface area contributed by atoms with Gasteiger partial charge in [0.1, 0.15) is 17.6 Å². The maximum absolute atomic E-state index is 13.1. The maximum Gasteiger partial charge on any atom is 0.410 e. The van der Waals surface area contributed by atoms with Crippen LogP contribution in [-0.4, -0.2) is 82.8 Å². The number of carbonyl (C=O) groups excluding carboxylic acids is 1. The smallest absolute Gasteiger partial charge is 0.410 e. The van der Waals surface area contributed by atoms with Gasteiger partial charge in [0, 0.05) is 50.7 Å². The maximum atomic E-state index is 13.1. The first-order valence-electron chi connectivity index (χ1n) is 15.8. The van der Waals surface area contributed by atoms with E-state index in [4.69, 9.17) is 18.9 Å². The lowest BCUT2D eigenvalue weighted by Crippen LogP contribution is -2.45. The summed E-state index contributed by atoms with van der Waals surface area (Å²) in [5, 5.41) is 13.7. The molecule has 1 amide bonds. The third kappa shape index (κ3) is 7.32. The molecule has 0 bridgehead atoms. The van der Waals surface area contributed by atoms with Gasteiger partial charge in [0.2, 0.25) is 0 Å². The average Bonchev–Trinajstić information content (AvgIpc) is 3.48. The third-order valence-corrected chi connectivity index (χ3v) is 8.33. The minimum absolute atomic E-state index is 0.0146. The number of aromatic nitrogens is 4. The molecule has 4 heterocycles. The van der Waals surface area contributed by atoms with Crippen LogP contribution in [0.4, 0.5) is 10.6 Å². The fraction of sp³-hybridized carbons (Fsp3) is 0.576. The summed E-state index contributed by atoms with van der Waals surface area (Å²) in [7, 11) is 1.60. The minimum Gasteiger partial charge on any atom is -0.467 e. The van der Waals surface area contributed by atoms with E-state index in [1.807, 2.05) is 73.1 Å². The van der Waals surface area contributed by atoms with E-state index in [2.05, 4.69) is 20.2 Å². The molecule has 2 saturated heterocycles. The second-order valence-corrected chi connectivity index (χ2v) is 13.0. The Labute approximate surface area is 259 Å². The minimum atomic E-state index is -0.519. The number of rotatable bonds is 10. The van der Waals surface area contributed by atoms with E-state index in [9.17, 15) is 4.79 Å². The topological polar surface area (TPSA) is 104 Å². The van der Waals surface area contributed by atoms with Gasteiger partial charge in [-0.3, -0.25) is 0 Å². The summed E-state index contributed by atoms with van der Waals surface area (Å²) in [6.45, 7) is 8.90. The summed E-state index contributed by atoms with van der Waals surface area (Å²) >= 11 is 0. The molecule has 3 aromatic rings. The first-order valence-corrected chi connectivity index (χ1v) is 15.8. The molecule has 44 heavy (non-hydrogen) atoms. The second kappa shape index (κ2) is 13.1. The van der Waals surface area contributed by atoms with Crippen molar-refractivity contribution in [1.29, 1.82) is 0 Å². The van der Waals surface area contributed by atoms with Crippen molar-refractivity contribution in [3.63, 3.8) is 0 Å². The van der Waals surface area contributed by atoms with Crippen LogP contribution in [0.25, 0.3) is 22.4 Å². The van der Waals surface area contributed by atoms with Crippen LogP contribution in [0, 0.1) is 5.92 Å². The lowest BCUT2D eigenvalue weighted by molar-refractivity contribution is -0.0394. The number of amides is 1. The van der Waals surface area contributed by atoms with Gasteiger partial charge >= 0.3 is 6.09 Å². The highest BCUT2D eigenvalue weighted by Gasteiger charge is 2.37. The molecule has 2 atom stereocenters. The van der Waals surface area contributed by atoms with Crippen LogP contribution in [0.2, 0.25) is 0 Å². The lowest BCUT2D eigenvalue weighted by Gasteiger charge is -2.31. The fourth-order valence-corrected chi connectivity index (χ4v) is 5.85. The monoisotopic (exact) mass is 604 g/mol. The van der Waals surface area contributed by atoms with Gasteiger partial charge in [0.25, 0.3) is 0 Å². The number of hydrogen-bond acceptors (Lipinski definition) is 9. The van der Waals surface area contributed by atoms with Crippen LogP contribution >= 0.6 is 0 Å². The second-order valence-electron chi connectivity index (χ2n) is 13.0. The van der Waals surface area contributed by atoms with Crippen LogP contribution in [0.5, 0.6) is 5.75 Å². The highest BCUT2D eigenvalue weighted by atomic mass is 16.7. The molecule has 6 rings (SSSR count). The van der Waals surface area contributed by atoms with Gasteiger partial charge in [-0.05, 0) is 95.0 Å². The molecule has 2 aliphatic heterocycles. The van der Waals surface area contributed by atoms with Gasteiger partial charge in [0.05, 0.1) is 17.9 Å². The molecule has 0 radical (unpaired) electrons. The Bertz CT molecular complexity index is 1410. The van der Waals surface area contributed by atoms with Crippen molar-refractivity contribution in [3.8, 4) is 28.1 Å². The Hall–Kier alpha value is -3.70. The number of hydrogen-bond donors (Lipinski definition) is 0. The van der Waals surface area contributed by atoms with E-state index < -0.39 is 5.60 Å². The van der Waals surface area contributed by atoms with Crippen molar-refractivity contribution in [2.75, 3.05) is 45.0 Å². The summed E-state index contributed by atoms with van der Waals surface area (Å²) < 4.78 is 24.8. The number of ether oxygens (including phenoxy) is 4. The number of anilines is 1. The van der Waals surface area contributed by atoms with E-state index in [0.717, 1.165) is 67.9 Å². The zero-order chi connectivity index (χ0) is 30.7. The average molecular weight is 605 g/mol. The molecule has 3 aliphatic rings. The van der Waals surface area contributed by atoms with Gasteiger partial charge in [0.15, 0.2) is 12.6 Å². The third-order valence-electron chi connectivity index (χ3n) is 8.33. The van der Waals surface area contributed by atoms with Gasteiger partial charge in [-0.1, -0.05) is 6.07 Å². The first-order chi connectivity index (χ1) is 21.3. The van der Waals surface area contributed by atoms with Gasteiger partial charge in [-0.25, -0.2) is 9.48 Å². The standard InChI is InChI=1S/C33H44N6O5/c1-33(2,3)44-32(40)38(19-23-8-9-23)26-14-15-37(21-26)30-13-12-28(35-36-30)27-11-10-24(17-29(27)43-22-41-4)25-18-34-39(20-25)31-7-5-6-16-42-31/h10-13,17-18,20,23,26,31H,5-9,14-16,19,21-22H2,1-4H3. The van der Waals surface area contributed by atoms with E-state index in [-0.39, 0.29) is 25.2 Å². The zero-order valence-corrected chi connectivity index (χ0v) is 26.3. The van der Waals surface area contributed by atoms with E-state index in [1.54, 1.807) is 7.11 Å². The Morgan fingerprint density at radius 2 is 1.93 bits per heavy atom. The van der Waals surface area contributed by atoms with E-state index in [0.29, 0.717) is 23.9 Å². The molecular weight excluding hydrogens is 560 g/mol. The van der Waals surface area contributed by atoms with Crippen LogP contribution in [-0.2, 0) is 14.2 Å². The van der Waals surface area contributed by atoms with Crippen LogP contribution in [0.15, 0.2) is 42.7 Å². The molecule has 3 fully saturated rings. The Kier molecular flexibility index (Phi) is 9.04. The van der Waals surface area contributed by atoms with E-state index in [1.165, 1.54) is 12.8 Å². The van der Waals surface area contributed by atoms with Crippen molar-refractivity contribution >= 4 is 11.9 Å². The summed E-state index contributed by atoms with van der Waals surface area (Å²) in [5.74, 6) is 2.03. The summed E-state index contributed by atoms with van der Waals surface area (Å²) in [5.41, 5.74) is 2.98. The molecule has 2 aromatic heterocycles. The summed E-state index contributed by atoms with van der Waals surface area (Å²) in [6, 6.07) is 10.1. The molecule has 1 aliphatic carbocycles. The SMILES string of the molecule is COCOc1cc(-c2cnn(C3CCCCO3)c2)ccc1-c1ccc(N2CCC(N(CC3CC3)C(=O)OC(C)(C)C)C2)nn1. The highest BCUT2D eigenvalue weighted by Crippen LogP contribution is 2.36. The molecule has 0 spiro atoms. The summed E-state index contributed by atoms with van der Waals surface area (Å²) in [6.07, 6.45) is 10.1. The number of benzene rings is 1. The van der Waals surface area contributed by atoms with Crippen molar-refractivity contribution in [2.24, 2.45) is 5.92 Å². The van der Waals surface area contributed by atoms with E-state index >= 15 is 0 Å². The summed E-state index contributed by atoms with van der Waals surface area (Å²) in [4.78, 5) is 17.2.